The van der Waals surface area contributed by atoms with Crippen LogP contribution >= 0.6 is 11.3 Å². The molecule has 1 saturated heterocycles. The van der Waals surface area contributed by atoms with Gasteiger partial charge in [-0.1, -0.05) is 18.2 Å². The van der Waals surface area contributed by atoms with E-state index in [2.05, 4.69) is 15.3 Å². The number of hydrogen-bond donors (Lipinski definition) is 1. The molecule has 160 valence electrons. The van der Waals surface area contributed by atoms with Crippen LogP contribution in [0.5, 0.6) is 0 Å². The van der Waals surface area contributed by atoms with Crippen LogP contribution in [-0.4, -0.2) is 44.8 Å². The Hall–Kier alpha value is -3.65. The summed E-state index contributed by atoms with van der Waals surface area (Å²) in [6.07, 6.45) is 6.64. The Morgan fingerprint density at radius 3 is 2.84 bits per heavy atom. The van der Waals surface area contributed by atoms with E-state index in [0.717, 1.165) is 29.3 Å². The Bertz CT molecular complexity index is 1260. The molecule has 5 rings (SSSR count). The maximum Gasteiger partial charge on any atom is 0.254 e. The third kappa shape index (κ3) is 4.09. The minimum atomic E-state index is -0.262. The highest BCUT2D eigenvalue weighted by molar-refractivity contribution is 7.13. The molecule has 1 aliphatic heterocycles. The van der Waals surface area contributed by atoms with Gasteiger partial charge in [0.25, 0.3) is 5.91 Å². The molecule has 1 aliphatic rings. The zero-order chi connectivity index (χ0) is 21.9. The highest BCUT2D eigenvalue weighted by Gasteiger charge is 2.30. The number of carbonyl (C=O) groups is 2. The largest absolute Gasteiger partial charge is 0.338 e. The Morgan fingerprint density at radius 2 is 2.03 bits per heavy atom. The lowest BCUT2D eigenvalue weighted by atomic mass is 9.95. The number of likely N-dealkylation sites (tertiary alicyclic amines) is 1. The molecule has 0 bridgehead atoms. The van der Waals surface area contributed by atoms with E-state index in [1.54, 1.807) is 23.5 Å². The fourth-order valence-corrected chi connectivity index (χ4v) is 4.58. The standard InChI is InChI=1S/C24H21N5O2S/c30-22(28-24-26-10-12-32-24)17-6-4-11-29(15-17)23(31)19-13-21(16-5-3-9-25-14-16)27-20-8-2-1-7-18(19)20/h1-3,5,7-10,12-14,17H,4,6,11,15H2,(H,26,28,30). The molecule has 8 heteroatoms. The van der Waals surface area contributed by atoms with Crippen molar-refractivity contribution in [2.24, 2.45) is 5.92 Å². The molecule has 0 aliphatic carbocycles. The Balaban J connectivity index is 1.44. The van der Waals surface area contributed by atoms with Gasteiger partial charge in [-0.15, -0.1) is 11.3 Å². The van der Waals surface area contributed by atoms with Gasteiger partial charge in [0.2, 0.25) is 5.91 Å². The number of pyridine rings is 2. The van der Waals surface area contributed by atoms with Gasteiger partial charge in [0, 0.05) is 48.0 Å². The van der Waals surface area contributed by atoms with E-state index in [0.29, 0.717) is 29.5 Å². The maximum absolute atomic E-state index is 13.6. The van der Waals surface area contributed by atoms with Crippen LogP contribution in [0.4, 0.5) is 5.13 Å². The van der Waals surface area contributed by atoms with Crippen molar-refractivity contribution in [1.82, 2.24) is 19.9 Å². The number of para-hydroxylation sites is 1. The van der Waals surface area contributed by atoms with Crippen molar-refractivity contribution >= 4 is 39.2 Å². The van der Waals surface area contributed by atoms with E-state index in [9.17, 15) is 9.59 Å². The van der Waals surface area contributed by atoms with Gasteiger partial charge in [-0.25, -0.2) is 9.97 Å². The third-order valence-corrected chi connectivity index (χ3v) is 6.33. The van der Waals surface area contributed by atoms with E-state index >= 15 is 0 Å². The molecule has 1 N–H and O–H groups in total. The summed E-state index contributed by atoms with van der Waals surface area (Å²) >= 11 is 1.38. The summed E-state index contributed by atoms with van der Waals surface area (Å²) in [5.74, 6) is -0.434. The number of anilines is 1. The second kappa shape index (κ2) is 8.84. The van der Waals surface area contributed by atoms with E-state index in [-0.39, 0.29) is 17.7 Å². The summed E-state index contributed by atoms with van der Waals surface area (Å²) in [5, 5.41) is 6.07. The molecule has 2 amide bonds. The van der Waals surface area contributed by atoms with Gasteiger partial charge in [0.1, 0.15) is 0 Å². The summed E-state index contributed by atoms with van der Waals surface area (Å²) in [4.78, 5) is 41.2. The third-order valence-electron chi connectivity index (χ3n) is 5.65. The van der Waals surface area contributed by atoms with E-state index in [4.69, 9.17) is 4.98 Å². The number of nitrogens with zero attached hydrogens (tertiary/aromatic N) is 4. The highest BCUT2D eigenvalue weighted by atomic mass is 32.1. The zero-order valence-electron chi connectivity index (χ0n) is 17.3. The van der Waals surface area contributed by atoms with Crippen molar-refractivity contribution in [3.05, 3.63) is 72.0 Å². The van der Waals surface area contributed by atoms with Gasteiger partial charge >= 0.3 is 0 Å². The molecule has 4 aromatic rings. The SMILES string of the molecule is O=C(Nc1nccs1)C1CCCN(C(=O)c2cc(-c3cccnc3)nc3ccccc23)C1. The van der Waals surface area contributed by atoms with Gasteiger partial charge in [-0.3, -0.25) is 14.6 Å². The lowest BCUT2D eigenvalue weighted by Gasteiger charge is -2.32. The first kappa shape index (κ1) is 20.3. The van der Waals surface area contributed by atoms with Crippen molar-refractivity contribution in [2.45, 2.75) is 12.8 Å². The van der Waals surface area contributed by atoms with E-state index in [1.165, 1.54) is 11.3 Å². The molecular weight excluding hydrogens is 422 g/mol. The van der Waals surface area contributed by atoms with Crippen LogP contribution in [-0.2, 0) is 4.79 Å². The first-order valence-electron chi connectivity index (χ1n) is 10.5. The predicted molar refractivity (Wildman–Crippen MR) is 124 cm³/mol. The maximum atomic E-state index is 13.6. The molecule has 3 aromatic heterocycles. The number of amides is 2. The molecule has 7 nitrogen and oxygen atoms in total. The van der Waals surface area contributed by atoms with Crippen LogP contribution in [0.2, 0.25) is 0 Å². The number of aromatic nitrogens is 3. The van der Waals surface area contributed by atoms with Crippen molar-refractivity contribution in [3.8, 4) is 11.3 Å². The molecule has 0 radical (unpaired) electrons. The average molecular weight is 444 g/mol. The second-order valence-electron chi connectivity index (χ2n) is 7.73. The summed E-state index contributed by atoms with van der Waals surface area (Å²) in [5.41, 5.74) is 2.91. The van der Waals surface area contributed by atoms with Gasteiger partial charge in [-0.05, 0) is 37.1 Å². The molecule has 4 heterocycles. The van der Waals surface area contributed by atoms with Crippen molar-refractivity contribution in [2.75, 3.05) is 18.4 Å². The van der Waals surface area contributed by atoms with E-state index < -0.39 is 0 Å². The smallest absolute Gasteiger partial charge is 0.254 e. The Morgan fingerprint density at radius 1 is 1.12 bits per heavy atom. The number of carbonyl (C=O) groups excluding carboxylic acids is 2. The lowest BCUT2D eigenvalue weighted by molar-refractivity contribution is -0.121. The number of thiazole rings is 1. The van der Waals surface area contributed by atoms with Gasteiger partial charge < -0.3 is 10.2 Å². The predicted octanol–water partition coefficient (Wildman–Crippen LogP) is 4.24. The van der Waals surface area contributed by atoms with Crippen LogP contribution in [0, 0.1) is 5.92 Å². The van der Waals surface area contributed by atoms with Gasteiger partial charge in [0.15, 0.2) is 5.13 Å². The number of rotatable bonds is 4. The summed E-state index contributed by atoms with van der Waals surface area (Å²) in [6, 6.07) is 13.3. The number of benzene rings is 1. The lowest BCUT2D eigenvalue weighted by Crippen LogP contribution is -2.43. The van der Waals surface area contributed by atoms with Crippen LogP contribution in [0.25, 0.3) is 22.2 Å². The summed E-state index contributed by atoms with van der Waals surface area (Å²) in [7, 11) is 0. The second-order valence-corrected chi connectivity index (χ2v) is 8.63. The minimum Gasteiger partial charge on any atom is -0.338 e. The highest BCUT2D eigenvalue weighted by Crippen LogP contribution is 2.27. The Labute approximate surface area is 189 Å². The topological polar surface area (TPSA) is 88.1 Å². The molecule has 32 heavy (non-hydrogen) atoms. The van der Waals surface area contributed by atoms with Crippen LogP contribution in [0.15, 0.2) is 66.4 Å². The fraction of sp³-hybridized carbons (Fsp3) is 0.208. The summed E-state index contributed by atoms with van der Waals surface area (Å²) in [6.45, 7) is 1.01. The van der Waals surface area contributed by atoms with Crippen LogP contribution < -0.4 is 5.32 Å². The molecule has 1 unspecified atom stereocenters. The molecule has 1 aromatic carbocycles. The zero-order valence-corrected chi connectivity index (χ0v) is 18.1. The fourth-order valence-electron chi connectivity index (χ4n) is 4.05. The minimum absolute atomic E-state index is 0.0829. The quantitative estimate of drug-likeness (QED) is 0.510. The molecule has 0 spiro atoms. The van der Waals surface area contributed by atoms with Gasteiger partial charge in [0.05, 0.1) is 22.7 Å². The summed E-state index contributed by atoms with van der Waals surface area (Å²) < 4.78 is 0. The van der Waals surface area contributed by atoms with E-state index in [1.807, 2.05) is 47.8 Å². The van der Waals surface area contributed by atoms with Crippen molar-refractivity contribution < 1.29 is 9.59 Å². The van der Waals surface area contributed by atoms with Crippen molar-refractivity contribution in [1.29, 1.82) is 0 Å². The van der Waals surface area contributed by atoms with Crippen molar-refractivity contribution in [3.63, 3.8) is 0 Å². The molecular formula is C24H21N5O2S. The van der Waals surface area contributed by atoms with Crippen LogP contribution in [0.1, 0.15) is 23.2 Å². The monoisotopic (exact) mass is 443 g/mol. The molecule has 0 saturated carbocycles. The normalized spacial score (nSPS) is 16.1. The molecule has 1 atom stereocenters. The average Bonchev–Trinajstić information content (AvgIpc) is 3.36. The first-order chi connectivity index (χ1) is 15.7. The number of piperidine rings is 1. The number of hydrogen-bond acceptors (Lipinski definition) is 6. The number of fused-ring (bicyclic) bond motifs is 1. The Kier molecular flexibility index (Phi) is 5.60. The number of nitrogens with one attached hydrogen (secondary N) is 1. The first-order valence-corrected chi connectivity index (χ1v) is 11.4. The molecule has 1 fully saturated rings. The van der Waals surface area contributed by atoms with Crippen LogP contribution in [0.3, 0.4) is 0 Å². The van der Waals surface area contributed by atoms with Gasteiger partial charge in [-0.2, -0.15) is 0 Å².